The first-order valence-corrected chi connectivity index (χ1v) is 7.22. The minimum Gasteiger partial charge on any atom is -0.362 e. The number of hydrogen-bond acceptors (Lipinski definition) is 4. The predicted molar refractivity (Wildman–Crippen MR) is 76.0 cm³/mol. The second kappa shape index (κ2) is 5.08. The van der Waals surface area contributed by atoms with Gasteiger partial charge in [0.25, 0.3) is 0 Å². The lowest BCUT2D eigenvalue weighted by Gasteiger charge is -2.29. The molecule has 0 bridgehead atoms. The highest BCUT2D eigenvalue weighted by Crippen LogP contribution is 2.36. The molecule has 0 amide bonds. The van der Waals surface area contributed by atoms with Gasteiger partial charge in [-0.1, -0.05) is 6.07 Å². The van der Waals surface area contributed by atoms with Gasteiger partial charge < -0.3 is 10.6 Å². The Bertz CT molecular complexity index is 508. The van der Waals surface area contributed by atoms with Crippen LogP contribution in [0.15, 0.2) is 35.8 Å². The fourth-order valence-corrected chi connectivity index (χ4v) is 3.52. The molecule has 94 valence electrons. The number of fused-ring (bicyclic) bond motifs is 1. The molecule has 2 aromatic rings. The lowest BCUT2D eigenvalue weighted by Crippen LogP contribution is -2.28. The zero-order valence-electron chi connectivity index (χ0n) is 10.2. The van der Waals surface area contributed by atoms with Crippen molar-refractivity contribution in [1.82, 2.24) is 4.98 Å². The number of thiophene rings is 1. The Balaban J connectivity index is 1.93. The van der Waals surface area contributed by atoms with Crippen LogP contribution in [-0.2, 0) is 6.42 Å². The van der Waals surface area contributed by atoms with Gasteiger partial charge in [-0.05, 0) is 36.5 Å². The first-order valence-electron chi connectivity index (χ1n) is 6.34. The van der Waals surface area contributed by atoms with Crippen LogP contribution in [0.1, 0.15) is 23.0 Å². The van der Waals surface area contributed by atoms with E-state index in [-0.39, 0.29) is 0 Å². The molecule has 3 nitrogen and oxygen atoms in total. The molecule has 0 saturated heterocycles. The second-order valence-electron chi connectivity index (χ2n) is 4.52. The van der Waals surface area contributed by atoms with Gasteiger partial charge in [-0.25, -0.2) is 0 Å². The van der Waals surface area contributed by atoms with Gasteiger partial charge in [-0.15, -0.1) is 11.3 Å². The maximum Gasteiger partial charge on any atom is 0.0654 e. The number of nitrogens with two attached hydrogens (primary N) is 1. The summed E-state index contributed by atoms with van der Waals surface area (Å²) < 4.78 is 0. The van der Waals surface area contributed by atoms with Gasteiger partial charge in [0.15, 0.2) is 0 Å². The first-order chi connectivity index (χ1) is 8.90. The van der Waals surface area contributed by atoms with Gasteiger partial charge in [0.05, 0.1) is 17.4 Å². The lowest BCUT2D eigenvalue weighted by atomic mass is 10.1. The highest BCUT2D eigenvalue weighted by atomic mass is 32.1. The average molecular weight is 259 g/mol. The lowest BCUT2D eigenvalue weighted by molar-refractivity contribution is 0.606. The van der Waals surface area contributed by atoms with Crippen LogP contribution in [0.5, 0.6) is 0 Å². The average Bonchev–Trinajstić information content (AvgIpc) is 3.06. The molecule has 3 heterocycles. The van der Waals surface area contributed by atoms with Crippen molar-refractivity contribution in [2.24, 2.45) is 5.73 Å². The van der Waals surface area contributed by atoms with E-state index in [1.807, 2.05) is 23.6 Å². The van der Waals surface area contributed by atoms with E-state index < -0.39 is 0 Å². The number of aromatic nitrogens is 1. The third kappa shape index (κ3) is 2.02. The van der Waals surface area contributed by atoms with Crippen LogP contribution in [0.2, 0.25) is 0 Å². The molecular formula is C14H17N3S. The van der Waals surface area contributed by atoms with Crippen LogP contribution in [0.25, 0.3) is 0 Å². The van der Waals surface area contributed by atoms with Crippen LogP contribution in [0.3, 0.4) is 0 Å². The van der Waals surface area contributed by atoms with Gasteiger partial charge >= 0.3 is 0 Å². The normalized spacial score (nSPS) is 15.7. The molecule has 18 heavy (non-hydrogen) atoms. The van der Waals surface area contributed by atoms with E-state index in [1.165, 1.54) is 16.3 Å². The van der Waals surface area contributed by atoms with E-state index >= 15 is 0 Å². The summed E-state index contributed by atoms with van der Waals surface area (Å²) in [5.74, 6) is 0. The molecule has 1 atom stereocenters. The number of pyridine rings is 1. The maximum atomic E-state index is 5.79. The van der Waals surface area contributed by atoms with Crippen molar-refractivity contribution < 1.29 is 0 Å². The molecule has 1 unspecified atom stereocenters. The topological polar surface area (TPSA) is 42.1 Å². The number of nitrogens with zero attached hydrogens (tertiary/aromatic N) is 2. The summed E-state index contributed by atoms with van der Waals surface area (Å²) in [6.07, 6.45) is 3.92. The Kier molecular flexibility index (Phi) is 3.30. The Labute approximate surface area is 111 Å². The first kappa shape index (κ1) is 11.7. The monoisotopic (exact) mass is 259 g/mol. The number of anilines is 1. The van der Waals surface area contributed by atoms with Crippen LogP contribution in [-0.4, -0.2) is 18.1 Å². The molecule has 0 spiro atoms. The Hall–Kier alpha value is -1.39. The zero-order valence-corrected chi connectivity index (χ0v) is 11.1. The maximum absolute atomic E-state index is 5.79. The summed E-state index contributed by atoms with van der Waals surface area (Å²) in [6, 6.07) is 8.92. The Morgan fingerprint density at radius 3 is 3.11 bits per heavy atom. The summed E-state index contributed by atoms with van der Waals surface area (Å²) in [7, 11) is 0. The summed E-state index contributed by atoms with van der Waals surface area (Å²) in [4.78, 5) is 8.32. The summed E-state index contributed by atoms with van der Waals surface area (Å²) in [6.45, 7) is 1.77. The van der Waals surface area contributed by atoms with E-state index in [9.17, 15) is 0 Å². The van der Waals surface area contributed by atoms with E-state index in [2.05, 4.69) is 33.5 Å². The smallest absolute Gasteiger partial charge is 0.0654 e. The highest BCUT2D eigenvalue weighted by Gasteiger charge is 2.27. The molecule has 0 fully saturated rings. The molecule has 3 rings (SSSR count). The van der Waals surface area contributed by atoms with Gasteiger partial charge in [-0.3, -0.25) is 4.98 Å². The number of hydrogen-bond donors (Lipinski definition) is 1. The largest absolute Gasteiger partial charge is 0.362 e. The molecule has 2 N–H and O–H groups in total. The van der Waals surface area contributed by atoms with Crippen molar-refractivity contribution in [3.05, 3.63) is 46.4 Å². The van der Waals surface area contributed by atoms with Crippen molar-refractivity contribution in [3.63, 3.8) is 0 Å². The SMILES string of the molecule is NCCC(c1cccs1)N1CCc2ncccc21. The minimum absolute atomic E-state index is 0.403. The molecule has 1 aliphatic rings. The van der Waals surface area contributed by atoms with Crippen LogP contribution >= 0.6 is 11.3 Å². The second-order valence-corrected chi connectivity index (χ2v) is 5.50. The Morgan fingerprint density at radius 1 is 1.39 bits per heavy atom. The minimum atomic E-state index is 0.403. The number of rotatable bonds is 4. The Morgan fingerprint density at radius 2 is 2.33 bits per heavy atom. The summed E-state index contributed by atoms with van der Waals surface area (Å²) >= 11 is 1.81. The zero-order chi connectivity index (χ0) is 12.4. The quantitative estimate of drug-likeness (QED) is 0.917. The van der Waals surface area contributed by atoms with Crippen molar-refractivity contribution in [1.29, 1.82) is 0 Å². The third-order valence-electron chi connectivity index (χ3n) is 3.45. The van der Waals surface area contributed by atoms with E-state index in [1.54, 1.807) is 0 Å². The van der Waals surface area contributed by atoms with Crippen LogP contribution < -0.4 is 10.6 Å². The fourth-order valence-electron chi connectivity index (χ4n) is 2.64. The molecule has 0 aromatic carbocycles. The molecule has 0 aliphatic carbocycles. The molecule has 2 aromatic heterocycles. The predicted octanol–water partition coefficient (Wildman–Crippen LogP) is 2.60. The van der Waals surface area contributed by atoms with Crippen LogP contribution in [0.4, 0.5) is 5.69 Å². The van der Waals surface area contributed by atoms with Crippen LogP contribution in [0, 0.1) is 0 Å². The van der Waals surface area contributed by atoms with Gasteiger partial charge in [0.1, 0.15) is 0 Å². The molecule has 4 heteroatoms. The molecule has 1 aliphatic heterocycles. The van der Waals surface area contributed by atoms with Crippen molar-refractivity contribution in [3.8, 4) is 0 Å². The highest BCUT2D eigenvalue weighted by molar-refractivity contribution is 7.10. The van der Waals surface area contributed by atoms with Crippen molar-refractivity contribution in [2.45, 2.75) is 18.9 Å². The van der Waals surface area contributed by atoms with E-state index in [0.29, 0.717) is 12.6 Å². The summed E-state index contributed by atoms with van der Waals surface area (Å²) in [5.41, 5.74) is 8.29. The van der Waals surface area contributed by atoms with E-state index in [4.69, 9.17) is 5.73 Å². The van der Waals surface area contributed by atoms with Gasteiger partial charge in [0.2, 0.25) is 0 Å². The van der Waals surface area contributed by atoms with E-state index in [0.717, 1.165) is 19.4 Å². The molecular weight excluding hydrogens is 242 g/mol. The summed E-state index contributed by atoms with van der Waals surface area (Å²) in [5, 5.41) is 2.14. The molecule has 0 radical (unpaired) electrons. The standard InChI is InChI=1S/C14H17N3S/c15-7-5-13(14-4-2-10-18-14)17-9-6-11-12(17)3-1-8-16-11/h1-4,8,10,13H,5-7,9,15H2. The van der Waals surface area contributed by atoms with Crippen molar-refractivity contribution >= 4 is 17.0 Å². The van der Waals surface area contributed by atoms with Gasteiger partial charge in [0, 0.05) is 24.0 Å². The third-order valence-corrected chi connectivity index (χ3v) is 4.43. The van der Waals surface area contributed by atoms with Crippen molar-refractivity contribution in [2.75, 3.05) is 18.0 Å². The fraction of sp³-hybridized carbons (Fsp3) is 0.357. The van der Waals surface area contributed by atoms with Gasteiger partial charge in [-0.2, -0.15) is 0 Å². The molecule has 0 saturated carbocycles.